The third-order valence-corrected chi connectivity index (χ3v) is 7.05. The largest absolute Gasteiger partial charge is 0.338 e. The third kappa shape index (κ3) is 3.10. The molecule has 1 aromatic heterocycles. The van der Waals surface area contributed by atoms with Crippen LogP contribution in [0.2, 0.25) is 0 Å². The highest BCUT2D eigenvalue weighted by Gasteiger charge is 2.33. The quantitative estimate of drug-likeness (QED) is 0.875. The van der Waals surface area contributed by atoms with E-state index in [0.29, 0.717) is 5.92 Å². The molecule has 1 aliphatic heterocycles. The molecule has 0 bridgehead atoms. The van der Waals surface area contributed by atoms with Crippen molar-refractivity contribution in [3.63, 3.8) is 0 Å². The van der Waals surface area contributed by atoms with Gasteiger partial charge >= 0.3 is 0 Å². The molecule has 2 aromatic rings. The standard InChI is InChI=1S/C22H28N2OS/c1-22(2)12-16-11-19(26-20(16)17-8-4-5-9-18(17)22)21(25)24-10-6-7-15(14-24)13-23-3/h4-5,8-9,11,15,23H,6-7,10,12-14H2,1-3H3. The van der Waals surface area contributed by atoms with Gasteiger partial charge in [-0.05, 0) is 66.9 Å². The molecule has 1 aromatic carbocycles. The number of carbonyl (C=O) groups is 1. The monoisotopic (exact) mass is 368 g/mol. The molecular formula is C22H28N2OS. The summed E-state index contributed by atoms with van der Waals surface area (Å²) in [5.41, 5.74) is 4.18. The fourth-order valence-corrected chi connectivity index (χ4v) is 5.78. The Kier molecular flexibility index (Phi) is 4.66. The zero-order valence-electron chi connectivity index (χ0n) is 16.0. The first-order valence-corrected chi connectivity index (χ1v) is 10.5. The van der Waals surface area contributed by atoms with E-state index in [-0.39, 0.29) is 11.3 Å². The summed E-state index contributed by atoms with van der Waals surface area (Å²) in [5.74, 6) is 0.799. The van der Waals surface area contributed by atoms with Crippen LogP contribution in [-0.2, 0) is 11.8 Å². The summed E-state index contributed by atoms with van der Waals surface area (Å²) in [5, 5.41) is 3.26. The summed E-state index contributed by atoms with van der Waals surface area (Å²) in [6, 6.07) is 10.9. The summed E-state index contributed by atoms with van der Waals surface area (Å²) in [7, 11) is 1.99. The molecule has 1 aliphatic carbocycles. The molecule has 1 N–H and O–H groups in total. The highest BCUT2D eigenvalue weighted by molar-refractivity contribution is 7.17. The summed E-state index contributed by atoms with van der Waals surface area (Å²) in [6.07, 6.45) is 3.33. The Morgan fingerprint density at radius 3 is 2.96 bits per heavy atom. The van der Waals surface area contributed by atoms with Gasteiger partial charge in [0.05, 0.1) is 4.88 Å². The van der Waals surface area contributed by atoms with Gasteiger partial charge in [0.1, 0.15) is 0 Å². The van der Waals surface area contributed by atoms with Crippen molar-refractivity contribution in [3.05, 3.63) is 46.3 Å². The number of carbonyl (C=O) groups excluding carboxylic acids is 1. The van der Waals surface area contributed by atoms with Crippen LogP contribution < -0.4 is 5.32 Å². The van der Waals surface area contributed by atoms with Crippen molar-refractivity contribution >= 4 is 17.2 Å². The van der Waals surface area contributed by atoms with Gasteiger partial charge in [0, 0.05) is 18.0 Å². The van der Waals surface area contributed by atoms with Crippen LogP contribution in [0.25, 0.3) is 10.4 Å². The van der Waals surface area contributed by atoms with E-state index in [4.69, 9.17) is 0 Å². The maximum atomic E-state index is 13.2. The predicted molar refractivity (Wildman–Crippen MR) is 109 cm³/mol. The van der Waals surface area contributed by atoms with E-state index in [1.165, 1.54) is 28.0 Å². The fourth-order valence-electron chi connectivity index (χ4n) is 4.60. The van der Waals surface area contributed by atoms with E-state index in [1.807, 2.05) is 7.05 Å². The van der Waals surface area contributed by atoms with E-state index >= 15 is 0 Å². The van der Waals surface area contributed by atoms with E-state index in [9.17, 15) is 4.79 Å². The number of piperidine rings is 1. The smallest absolute Gasteiger partial charge is 0.263 e. The SMILES string of the molecule is CNCC1CCCN(C(=O)c2cc3c(s2)-c2ccccc2C(C)(C)C3)C1. The summed E-state index contributed by atoms with van der Waals surface area (Å²) >= 11 is 1.69. The normalized spacial score (nSPS) is 21.2. The summed E-state index contributed by atoms with van der Waals surface area (Å²) in [6.45, 7) is 7.38. The molecule has 4 rings (SSSR count). The fraction of sp³-hybridized carbons (Fsp3) is 0.500. The summed E-state index contributed by atoms with van der Waals surface area (Å²) < 4.78 is 0. The van der Waals surface area contributed by atoms with Crippen molar-refractivity contribution in [1.82, 2.24) is 10.2 Å². The van der Waals surface area contributed by atoms with Gasteiger partial charge in [-0.2, -0.15) is 0 Å². The zero-order chi connectivity index (χ0) is 18.3. The van der Waals surface area contributed by atoms with Gasteiger partial charge in [-0.25, -0.2) is 0 Å². The molecule has 4 heteroatoms. The Hall–Kier alpha value is -1.65. The number of nitrogens with one attached hydrogen (secondary N) is 1. The molecule has 2 heterocycles. The first-order chi connectivity index (χ1) is 12.5. The molecule has 0 spiro atoms. The van der Waals surface area contributed by atoms with Gasteiger partial charge in [-0.1, -0.05) is 38.1 Å². The lowest BCUT2D eigenvalue weighted by molar-refractivity contribution is 0.0679. The maximum absolute atomic E-state index is 13.2. The first kappa shape index (κ1) is 17.7. The predicted octanol–water partition coefficient (Wildman–Crippen LogP) is 4.32. The second kappa shape index (κ2) is 6.82. The van der Waals surface area contributed by atoms with Crippen LogP contribution in [0.5, 0.6) is 0 Å². The molecular weight excluding hydrogens is 340 g/mol. The van der Waals surface area contributed by atoms with Crippen molar-refractivity contribution in [2.24, 2.45) is 5.92 Å². The van der Waals surface area contributed by atoms with Crippen LogP contribution in [0.4, 0.5) is 0 Å². The van der Waals surface area contributed by atoms with Crippen LogP contribution in [0.3, 0.4) is 0 Å². The van der Waals surface area contributed by atoms with E-state index in [2.05, 4.69) is 54.4 Å². The van der Waals surface area contributed by atoms with Crippen LogP contribution in [0.1, 0.15) is 47.5 Å². The second-order valence-corrected chi connectivity index (χ2v) is 9.44. The van der Waals surface area contributed by atoms with Gasteiger partial charge in [0.2, 0.25) is 0 Å². The van der Waals surface area contributed by atoms with E-state index < -0.39 is 0 Å². The van der Waals surface area contributed by atoms with Crippen molar-refractivity contribution in [1.29, 1.82) is 0 Å². The van der Waals surface area contributed by atoms with E-state index in [0.717, 1.165) is 37.4 Å². The number of likely N-dealkylation sites (tertiary alicyclic amines) is 1. The number of benzene rings is 1. The Labute approximate surface area is 160 Å². The van der Waals surface area contributed by atoms with Crippen LogP contribution in [0.15, 0.2) is 30.3 Å². The van der Waals surface area contributed by atoms with Crippen molar-refractivity contribution in [2.45, 2.75) is 38.5 Å². The minimum Gasteiger partial charge on any atom is -0.338 e. The number of amides is 1. The Morgan fingerprint density at radius 1 is 1.35 bits per heavy atom. The Morgan fingerprint density at radius 2 is 2.15 bits per heavy atom. The molecule has 1 saturated heterocycles. The Bertz CT molecular complexity index is 821. The highest BCUT2D eigenvalue weighted by atomic mass is 32.1. The van der Waals surface area contributed by atoms with Gasteiger partial charge < -0.3 is 10.2 Å². The Balaban J connectivity index is 1.63. The lowest BCUT2D eigenvalue weighted by Crippen LogP contribution is -2.42. The minimum absolute atomic E-state index is 0.119. The zero-order valence-corrected chi connectivity index (χ0v) is 16.8. The van der Waals surface area contributed by atoms with Gasteiger partial charge in [-0.15, -0.1) is 11.3 Å². The van der Waals surface area contributed by atoms with Crippen LogP contribution in [0, 0.1) is 5.92 Å². The van der Waals surface area contributed by atoms with Gasteiger partial charge in [-0.3, -0.25) is 4.79 Å². The molecule has 1 fully saturated rings. The lowest BCUT2D eigenvalue weighted by atomic mass is 9.73. The van der Waals surface area contributed by atoms with Gasteiger partial charge in [0.25, 0.3) is 5.91 Å². The number of thiophene rings is 1. The topological polar surface area (TPSA) is 32.3 Å². The van der Waals surface area contributed by atoms with Gasteiger partial charge in [0.15, 0.2) is 0 Å². The number of hydrogen-bond donors (Lipinski definition) is 1. The maximum Gasteiger partial charge on any atom is 0.263 e. The number of rotatable bonds is 3. The summed E-state index contributed by atoms with van der Waals surface area (Å²) in [4.78, 5) is 17.4. The molecule has 2 aliphatic rings. The third-order valence-electron chi connectivity index (χ3n) is 5.85. The molecule has 138 valence electrons. The minimum atomic E-state index is 0.119. The highest BCUT2D eigenvalue weighted by Crippen LogP contribution is 2.46. The molecule has 26 heavy (non-hydrogen) atoms. The first-order valence-electron chi connectivity index (χ1n) is 9.66. The van der Waals surface area contributed by atoms with Crippen molar-refractivity contribution in [3.8, 4) is 10.4 Å². The molecule has 1 atom stereocenters. The van der Waals surface area contributed by atoms with Crippen LogP contribution >= 0.6 is 11.3 Å². The average Bonchev–Trinajstić information content (AvgIpc) is 3.05. The number of fused-ring (bicyclic) bond motifs is 3. The van der Waals surface area contributed by atoms with E-state index in [1.54, 1.807) is 11.3 Å². The number of hydrogen-bond acceptors (Lipinski definition) is 3. The van der Waals surface area contributed by atoms with Crippen LogP contribution in [-0.4, -0.2) is 37.5 Å². The lowest BCUT2D eigenvalue weighted by Gasteiger charge is -2.32. The molecule has 0 radical (unpaired) electrons. The van der Waals surface area contributed by atoms with Crippen molar-refractivity contribution < 1.29 is 4.79 Å². The molecule has 1 unspecified atom stereocenters. The van der Waals surface area contributed by atoms with Crippen molar-refractivity contribution in [2.75, 3.05) is 26.7 Å². The molecule has 1 amide bonds. The average molecular weight is 369 g/mol. The number of nitrogens with zero attached hydrogens (tertiary/aromatic N) is 1. The molecule has 3 nitrogen and oxygen atoms in total. The molecule has 0 saturated carbocycles. The second-order valence-electron chi connectivity index (χ2n) is 8.39.